The minimum atomic E-state index is -1.17. The van der Waals surface area contributed by atoms with Gasteiger partial charge in [-0.1, -0.05) is 19.1 Å². The maximum atomic E-state index is 11.5. The zero-order valence-electron chi connectivity index (χ0n) is 12.7. The van der Waals surface area contributed by atoms with Gasteiger partial charge in [-0.2, -0.15) is 0 Å². The van der Waals surface area contributed by atoms with E-state index in [1.165, 1.54) is 26.0 Å². The lowest BCUT2D eigenvalue weighted by atomic mass is 10.0. The van der Waals surface area contributed by atoms with E-state index in [-0.39, 0.29) is 11.6 Å². The summed E-state index contributed by atoms with van der Waals surface area (Å²) in [6.07, 6.45) is 2.54. The van der Waals surface area contributed by atoms with Gasteiger partial charge in [0.05, 0.1) is 0 Å². The number of hydrogen-bond donors (Lipinski definition) is 2. The highest BCUT2D eigenvalue weighted by atomic mass is 16.6. The molecule has 0 aliphatic heterocycles. The SMILES string of the molecule is CCC(/C(=C/C=C(\C)C(=O)OC(C)O)C(N)=O)N(C)C. The molecule has 0 saturated carbocycles. The molecule has 0 aromatic rings. The fraction of sp³-hybridized carbons (Fsp3) is 0.571. The number of carbonyl (C=O) groups excluding carboxylic acids is 2. The zero-order valence-corrected chi connectivity index (χ0v) is 12.7. The van der Waals surface area contributed by atoms with Crippen LogP contribution in [0.1, 0.15) is 27.2 Å². The molecular formula is C14H24N2O4. The Morgan fingerprint density at radius 3 is 2.25 bits per heavy atom. The maximum Gasteiger partial charge on any atom is 0.336 e. The monoisotopic (exact) mass is 284 g/mol. The highest BCUT2D eigenvalue weighted by Gasteiger charge is 2.19. The predicted octanol–water partition coefficient (Wildman–Crippen LogP) is 0.566. The van der Waals surface area contributed by atoms with Crippen molar-refractivity contribution in [3.63, 3.8) is 0 Å². The summed E-state index contributed by atoms with van der Waals surface area (Å²) in [5.74, 6) is -1.17. The molecule has 0 aliphatic carbocycles. The first-order valence-corrected chi connectivity index (χ1v) is 6.44. The first kappa shape index (κ1) is 18.3. The topological polar surface area (TPSA) is 92.9 Å². The average molecular weight is 284 g/mol. The molecule has 2 unspecified atom stereocenters. The first-order chi connectivity index (χ1) is 9.20. The number of carbonyl (C=O) groups is 2. The van der Waals surface area contributed by atoms with Crippen molar-refractivity contribution < 1.29 is 19.4 Å². The lowest BCUT2D eigenvalue weighted by Gasteiger charge is -2.23. The van der Waals surface area contributed by atoms with Crippen molar-refractivity contribution in [2.45, 2.75) is 39.5 Å². The van der Waals surface area contributed by atoms with Gasteiger partial charge in [0.2, 0.25) is 5.91 Å². The third-order valence-corrected chi connectivity index (χ3v) is 2.77. The number of nitrogens with zero attached hydrogens (tertiary/aromatic N) is 1. The second kappa shape index (κ2) is 8.50. The van der Waals surface area contributed by atoms with Crippen LogP contribution in [-0.4, -0.2) is 48.3 Å². The number of amides is 1. The average Bonchev–Trinajstić information content (AvgIpc) is 2.31. The van der Waals surface area contributed by atoms with Crippen LogP contribution in [0.25, 0.3) is 0 Å². The van der Waals surface area contributed by atoms with E-state index in [4.69, 9.17) is 10.8 Å². The molecule has 0 aliphatic rings. The van der Waals surface area contributed by atoms with E-state index in [1.54, 1.807) is 0 Å². The molecule has 0 aromatic carbocycles. The maximum absolute atomic E-state index is 11.5. The fourth-order valence-corrected chi connectivity index (χ4v) is 1.75. The minimum Gasteiger partial charge on any atom is -0.433 e. The number of esters is 1. The van der Waals surface area contributed by atoms with Gasteiger partial charge in [-0.25, -0.2) is 4.79 Å². The van der Waals surface area contributed by atoms with Crippen LogP contribution in [0.4, 0.5) is 0 Å². The second-order valence-electron chi connectivity index (χ2n) is 4.73. The van der Waals surface area contributed by atoms with Crippen molar-refractivity contribution >= 4 is 11.9 Å². The number of aliphatic hydroxyl groups is 1. The Morgan fingerprint density at radius 2 is 1.90 bits per heavy atom. The van der Waals surface area contributed by atoms with Crippen molar-refractivity contribution in [1.82, 2.24) is 4.90 Å². The molecule has 20 heavy (non-hydrogen) atoms. The molecule has 0 spiro atoms. The minimum absolute atomic E-state index is 0.121. The number of ether oxygens (including phenoxy) is 1. The highest BCUT2D eigenvalue weighted by molar-refractivity contribution is 5.94. The quantitative estimate of drug-likeness (QED) is 0.308. The Morgan fingerprint density at radius 1 is 1.35 bits per heavy atom. The Balaban J connectivity index is 5.21. The van der Waals surface area contributed by atoms with Gasteiger partial charge in [0.1, 0.15) is 0 Å². The standard InChI is InChI=1S/C14H24N2O4/c1-6-12(16(4)5)11(13(15)18)8-7-9(2)14(19)20-10(3)17/h7-8,10,12,17H,6H2,1-5H3,(H2,15,18)/b9-7+,11-8-. The van der Waals surface area contributed by atoms with Crippen LogP contribution in [0, 0.1) is 0 Å². The Hall–Kier alpha value is -1.66. The fourth-order valence-electron chi connectivity index (χ4n) is 1.75. The summed E-state index contributed by atoms with van der Waals surface area (Å²) in [5, 5.41) is 8.97. The van der Waals surface area contributed by atoms with Gasteiger partial charge in [-0.3, -0.25) is 4.79 Å². The Labute approximate surface area is 119 Å². The highest BCUT2D eigenvalue weighted by Crippen LogP contribution is 2.12. The van der Waals surface area contributed by atoms with Crippen LogP contribution in [0.2, 0.25) is 0 Å². The van der Waals surface area contributed by atoms with Gasteiger partial charge < -0.3 is 20.5 Å². The molecule has 2 atom stereocenters. The predicted molar refractivity (Wildman–Crippen MR) is 76.6 cm³/mol. The summed E-state index contributed by atoms with van der Waals surface area (Å²) in [6, 6.07) is -0.121. The van der Waals surface area contributed by atoms with Gasteiger partial charge in [0.15, 0.2) is 6.29 Å². The van der Waals surface area contributed by atoms with Gasteiger partial charge in [0.25, 0.3) is 0 Å². The van der Waals surface area contributed by atoms with Crippen LogP contribution in [-0.2, 0) is 14.3 Å². The van der Waals surface area contributed by atoms with Crippen LogP contribution in [0.5, 0.6) is 0 Å². The Kier molecular flexibility index (Phi) is 7.79. The Bertz CT molecular complexity index is 411. The third-order valence-electron chi connectivity index (χ3n) is 2.77. The summed E-state index contributed by atoms with van der Waals surface area (Å²) in [5.41, 5.74) is 6.07. The van der Waals surface area contributed by atoms with E-state index in [0.717, 1.165) is 0 Å². The lowest BCUT2D eigenvalue weighted by molar-refractivity contribution is -0.159. The van der Waals surface area contributed by atoms with Crippen LogP contribution >= 0.6 is 0 Å². The molecule has 114 valence electrons. The van der Waals surface area contributed by atoms with Crippen LogP contribution in [0.3, 0.4) is 0 Å². The molecule has 6 heteroatoms. The second-order valence-corrected chi connectivity index (χ2v) is 4.73. The van der Waals surface area contributed by atoms with E-state index < -0.39 is 18.2 Å². The largest absolute Gasteiger partial charge is 0.433 e. The number of aliphatic hydroxyl groups excluding tert-OH is 1. The summed E-state index contributed by atoms with van der Waals surface area (Å²) in [4.78, 5) is 24.9. The molecule has 6 nitrogen and oxygen atoms in total. The van der Waals surface area contributed by atoms with Crippen molar-refractivity contribution in [3.8, 4) is 0 Å². The normalized spacial score (nSPS) is 15.9. The van der Waals surface area contributed by atoms with E-state index in [9.17, 15) is 9.59 Å². The lowest BCUT2D eigenvalue weighted by Crippen LogP contribution is -2.35. The van der Waals surface area contributed by atoms with Crippen LogP contribution in [0.15, 0.2) is 23.3 Å². The van der Waals surface area contributed by atoms with Crippen molar-refractivity contribution in [2.75, 3.05) is 14.1 Å². The van der Waals surface area contributed by atoms with Gasteiger partial charge in [0, 0.05) is 17.2 Å². The molecule has 0 rings (SSSR count). The first-order valence-electron chi connectivity index (χ1n) is 6.44. The summed E-state index contributed by atoms with van der Waals surface area (Å²) < 4.78 is 4.63. The molecule has 3 N–H and O–H groups in total. The van der Waals surface area contributed by atoms with Crippen molar-refractivity contribution in [2.24, 2.45) is 5.73 Å². The molecule has 0 radical (unpaired) electrons. The van der Waals surface area contributed by atoms with Crippen molar-refractivity contribution in [3.05, 3.63) is 23.3 Å². The molecule has 0 heterocycles. The van der Waals surface area contributed by atoms with E-state index in [2.05, 4.69) is 4.74 Å². The van der Waals surface area contributed by atoms with Gasteiger partial charge in [-0.05, 0) is 34.4 Å². The van der Waals surface area contributed by atoms with Crippen molar-refractivity contribution in [1.29, 1.82) is 0 Å². The number of nitrogens with two attached hydrogens (primary N) is 1. The molecular weight excluding hydrogens is 260 g/mol. The number of hydrogen-bond acceptors (Lipinski definition) is 5. The molecule has 1 amide bonds. The number of primary amides is 1. The van der Waals surface area contributed by atoms with E-state index >= 15 is 0 Å². The summed E-state index contributed by atoms with van der Waals surface area (Å²) in [7, 11) is 3.70. The van der Waals surface area contributed by atoms with E-state index in [1.807, 2.05) is 25.9 Å². The molecule has 0 saturated heterocycles. The molecule has 0 bridgehead atoms. The van der Waals surface area contributed by atoms with Gasteiger partial charge in [-0.15, -0.1) is 0 Å². The summed E-state index contributed by atoms with van der Waals surface area (Å²) in [6.45, 7) is 4.82. The number of rotatable bonds is 7. The molecule has 0 fully saturated rings. The van der Waals surface area contributed by atoms with E-state index in [0.29, 0.717) is 12.0 Å². The van der Waals surface area contributed by atoms with Gasteiger partial charge >= 0.3 is 5.97 Å². The zero-order chi connectivity index (χ0) is 15.9. The smallest absolute Gasteiger partial charge is 0.336 e. The summed E-state index contributed by atoms with van der Waals surface area (Å²) >= 11 is 0. The number of allylic oxidation sites excluding steroid dienone is 2. The number of likely N-dealkylation sites (N-methyl/N-ethyl adjacent to an activating group) is 1. The molecule has 0 aromatic heterocycles. The third kappa shape index (κ3) is 5.99. The van der Waals surface area contributed by atoms with Crippen LogP contribution < -0.4 is 5.73 Å².